The predicted molar refractivity (Wildman–Crippen MR) is 71.3 cm³/mol. The average Bonchev–Trinajstić information content (AvgIpc) is 2.94. The van der Waals surface area contributed by atoms with Gasteiger partial charge in [0.2, 0.25) is 0 Å². The second-order valence-corrected chi connectivity index (χ2v) is 5.10. The van der Waals surface area contributed by atoms with Crippen LogP contribution in [-0.4, -0.2) is 19.9 Å². The molecule has 1 aromatic carbocycles. The zero-order valence-corrected chi connectivity index (χ0v) is 11.0. The van der Waals surface area contributed by atoms with Crippen molar-refractivity contribution >= 4 is 0 Å². The molecule has 2 atom stereocenters. The smallest absolute Gasteiger partial charge is 0.138 e. The number of fused-ring (bicyclic) bond motifs is 1. The molecule has 0 fully saturated rings. The molecule has 2 aromatic rings. The van der Waals surface area contributed by atoms with Crippen molar-refractivity contribution in [2.45, 2.75) is 38.0 Å². The highest BCUT2D eigenvalue weighted by Crippen LogP contribution is 2.43. The van der Waals surface area contributed by atoms with Crippen LogP contribution in [0.1, 0.15) is 36.3 Å². The first-order valence-corrected chi connectivity index (χ1v) is 6.58. The van der Waals surface area contributed by atoms with Gasteiger partial charge in [0.1, 0.15) is 12.2 Å². The summed E-state index contributed by atoms with van der Waals surface area (Å²) in [5, 5.41) is 15.1. The monoisotopic (exact) mass is 258 g/mol. The Bertz CT molecular complexity index is 595. The predicted octanol–water partition coefficient (Wildman–Crippen LogP) is 1.13. The van der Waals surface area contributed by atoms with E-state index in [4.69, 9.17) is 5.73 Å². The van der Waals surface area contributed by atoms with Crippen LogP contribution in [0.5, 0.6) is 0 Å². The summed E-state index contributed by atoms with van der Waals surface area (Å²) in [7, 11) is 0. The van der Waals surface area contributed by atoms with Crippen LogP contribution < -0.4 is 5.73 Å². The topological polar surface area (TPSA) is 77.0 Å². The maximum absolute atomic E-state index is 10.9. The van der Waals surface area contributed by atoms with Gasteiger partial charge in [-0.25, -0.2) is 4.98 Å². The molecule has 1 aliphatic carbocycles. The second kappa shape index (κ2) is 4.43. The summed E-state index contributed by atoms with van der Waals surface area (Å²) >= 11 is 0. The molecule has 2 unspecified atom stereocenters. The van der Waals surface area contributed by atoms with Crippen molar-refractivity contribution in [3.8, 4) is 0 Å². The fourth-order valence-electron chi connectivity index (χ4n) is 2.95. The molecule has 5 nitrogen and oxygen atoms in total. The number of aliphatic hydroxyl groups is 1. The van der Waals surface area contributed by atoms with Crippen LogP contribution >= 0.6 is 0 Å². The first-order valence-electron chi connectivity index (χ1n) is 6.58. The van der Waals surface area contributed by atoms with E-state index >= 15 is 0 Å². The normalized spacial score (nSPS) is 25.5. The van der Waals surface area contributed by atoms with Gasteiger partial charge in [0.05, 0.1) is 5.60 Å². The number of nitrogens with zero attached hydrogens (tertiary/aromatic N) is 3. The van der Waals surface area contributed by atoms with Crippen LogP contribution in [0.25, 0.3) is 0 Å². The number of rotatable bonds is 3. The van der Waals surface area contributed by atoms with Crippen molar-refractivity contribution in [1.29, 1.82) is 0 Å². The fourth-order valence-corrected chi connectivity index (χ4v) is 2.95. The minimum absolute atomic E-state index is 0.112. The fraction of sp³-hybridized carbons (Fsp3) is 0.429. The minimum atomic E-state index is -0.935. The third-order valence-corrected chi connectivity index (χ3v) is 3.87. The molecular formula is C14H18N4O. The van der Waals surface area contributed by atoms with Gasteiger partial charge < -0.3 is 10.8 Å². The van der Waals surface area contributed by atoms with E-state index < -0.39 is 5.60 Å². The van der Waals surface area contributed by atoms with E-state index in [0.29, 0.717) is 12.8 Å². The Balaban J connectivity index is 1.97. The lowest BCUT2D eigenvalue weighted by Crippen LogP contribution is -2.28. The third-order valence-electron chi connectivity index (χ3n) is 3.87. The van der Waals surface area contributed by atoms with Crippen molar-refractivity contribution in [3.63, 3.8) is 0 Å². The van der Waals surface area contributed by atoms with Gasteiger partial charge in [0.15, 0.2) is 0 Å². The molecule has 0 saturated heterocycles. The Kier molecular flexibility index (Phi) is 2.88. The molecule has 100 valence electrons. The number of benzene rings is 1. The van der Waals surface area contributed by atoms with E-state index in [1.807, 2.05) is 35.9 Å². The van der Waals surface area contributed by atoms with E-state index in [-0.39, 0.29) is 6.04 Å². The molecule has 0 radical (unpaired) electrons. The summed E-state index contributed by atoms with van der Waals surface area (Å²) in [5.74, 6) is 0.800. The molecule has 1 aromatic heterocycles. The summed E-state index contributed by atoms with van der Waals surface area (Å²) in [6.07, 6.45) is 2.51. The Hall–Kier alpha value is -1.72. The van der Waals surface area contributed by atoms with Gasteiger partial charge in [-0.2, -0.15) is 5.10 Å². The SMILES string of the molecule is CCn1ncnc1CC1(O)CC(N)c2ccccc21. The van der Waals surface area contributed by atoms with Crippen LogP contribution in [0.15, 0.2) is 30.6 Å². The first-order chi connectivity index (χ1) is 9.14. The molecule has 19 heavy (non-hydrogen) atoms. The van der Waals surface area contributed by atoms with Gasteiger partial charge in [-0.1, -0.05) is 24.3 Å². The Morgan fingerprint density at radius 3 is 3.05 bits per heavy atom. The number of nitrogens with two attached hydrogens (primary N) is 1. The van der Waals surface area contributed by atoms with E-state index in [9.17, 15) is 5.11 Å². The Labute approximate surface area is 112 Å². The first kappa shape index (κ1) is 12.3. The van der Waals surface area contributed by atoms with Crippen molar-refractivity contribution < 1.29 is 5.11 Å². The number of aromatic nitrogens is 3. The number of hydrogen-bond donors (Lipinski definition) is 2. The minimum Gasteiger partial charge on any atom is -0.385 e. The van der Waals surface area contributed by atoms with Crippen LogP contribution in [-0.2, 0) is 18.6 Å². The molecule has 0 bridgehead atoms. The standard InChI is InChI=1S/C14H18N4O/c1-2-18-13(16-9-17-18)8-14(19)7-12(15)10-5-3-4-6-11(10)14/h3-6,9,12,19H,2,7-8,15H2,1H3. The average molecular weight is 258 g/mol. The summed E-state index contributed by atoms with van der Waals surface area (Å²) in [6, 6.07) is 7.72. The number of hydrogen-bond acceptors (Lipinski definition) is 4. The van der Waals surface area contributed by atoms with Gasteiger partial charge in [0.25, 0.3) is 0 Å². The maximum atomic E-state index is 10.9. The summed E-state index contributed by atoms with van der Waals surface area (Å²) in [5.41, 5.74) is 7.14. The highest BCUT2D eigenvalue weighted by atomic mass is 16.3. The number of aryl methyl sites for hydroxylation is 1. The summed E-state index contributed by atoms with van der Waals surface area (Å²) in [6.45, 7) is 2.76. The summed E-state index contributed by atoms with van der Waals surface area (Å²) < 4.78 is 1.81. The molecule has 1 aliphatic rings. The van der Waals surface area contributed by atoms with Gasteiger partial charge in [-0.15, -0.1) is 0 Å². The largest absolute Gasteiger partial charge is 0.385 e. The van der Waals surface area contributed by atoms with E-state index in [2.05, 4.69) is 10.1 Å². The molecule has 0 spiro atoms. The highest BCUT2D eigenvalue weighted by molar-refractivity contribution is 5.40. The van der Waals surface area contributed by atoms with Crippen LogP contribution in [0, 0.1) is 0 Å². The van der Waals surface area contributed by atoms with Crippen molar-refractivity contribution in [2.24, 2.45) is 5.73 Å². The highest BCUT2D eigenvalue weighted by Gasteiger charge is 2.41. The van der Waals surface area contributed by atoms with E-state index in [1.54, 1.807) is 0 Å². The van der Waals surface area contributed by atoms with Gasteiger partial charge in [0, 0.05) is 25.4 Å². The lowest BCUT2D eigenvalue weighted by molar-refractivity contribution is 0.0311. The molecule has 3 rings (SSSR count). The maximum Gasteiger partial charge on any atom is 0.138 e. The third kappa shape index (κ3) is 1.95. The lowest BCUT2D eigenvalue weighted by Gasteiger charge is -2.23. The van der Waals surface area contributed by atoms with Gasteiger partial charge >= 0.3 is 0 Å². The van der Waals surface area contributed by atoms with Crippen LogP contribution in [0.4, 0.5) is 0 Å². The molecule has 1 heterocycles. The quantitative estimate of drug-likeness (QED) is 0.865. The van der Waals surface area contributed by atoms with Crippen molar-refractivity contribution in [1.82, 2.24) is 14.8 Å². The molecule has 5 heteroatoms. The summed E-state index contributed by atoms with van der Waals surface area (Å²) in [4.78, 5) is 4.24. The Morgan fingerprint density at radius 2 is 2.26 bits per heavy atom. The van der Waals surface area contributed by atoms with E-state index in [0.717, 1.165) is 23.5 Å². The zero-order valence-electron chi connectivity index (χ0n) is 11.0. The van der Waals surface area contributed by atoms with Gasteiger partial charge in [-0.3, -0.25) is 4.68 Å². The molecule has 0 aliphatic heterocycles. The molecule has 0 saturated carbocycles. The van der Waals surface area contributed by atoms with E-state index in [1.165, 1.54) is 6.33 Å². The van der Waals surface area contributed by atoms with Gasteiger partial charge in [-0.05, 0) is 18.1 Å². The second-order valence-electron chi connectivity index (χ2n) is 5.10. The van der Waals surface area contributed by atoms with Crippen LogP contribution in [0.3, 0.4) is 0 Å². The molecule has 3 N–H and O–H groups in total. The molecule has 0 amide bonds. The lowest BCUT2D eigenvalue weighted by atomic mass is 9.92. The van der Waals surface area contributed by atoms with Crippen molar-refractivity contribution in [3.05, 3.63) is 47.5 Å². The van der Waals surface area contributed by atoms with Crippen LogP contribution in [0.2, 0.25) is 0 Å². The zero-order chi connectivity index (χ0) is 13.5. The Morgan fingerprint density at radius 1 is 1.47 bits per heavy atom. The van der Waals surface area contributed by atoms with Crippen molar-refractivity contribution in [2.75, 3.05) is 0 Å². The molecular weight excluding hydrogens is 240 g/mol.